The summed E-state index contributed by atoms with van der Waals surface area (Å²) in [7, 11) is 0. The van der Waals surface area contributed by atoms with Gasteiger partial charge in [0.2, 0.25) is 0 Å². The van der Waals surface area contributed by atoms with Gasteiger partial charge in [0.15, 0.2) is 5.69 Å². The molecule has 0 saturated carbocycles. The second-order valence-electron chi connectivity index (χ2n) is 5.25. The van der Waals surface area contributed by atoms with Crippen LogP contribution in [0, 0.1) is 5.92 Å². The third-order valence-corrected chi connectivity index (χ3v) is 3.81. The fraction of sp³-hybridized carbons (Fsp3) is 0.769. The summed E-state index contributed by atoms with van der Waals surface area (Å²) in [5.74, 6) is -0.127. The van der Waals surface area contributed by atoms with Gasteiger partial charge in [-0.3, -0.25) is 4.68 Å². The van der Waals surface area contributed by atoms with E-state index >= 15 is 0 Å². The summed E-state index contributed by atoms with van der Waals surface area (Å²) in [4.78, 5) is 13.1. The third-order valence-electron chi connectivity index (χ3n) is 3.81. The number of nitrogens with zero attached hydrogens (tertiary/aromatic N) is 4. The second-order valence-corrected chi connectivity index (χ2v) is 5.25. The number of aromatic nitrogens is 3. The molecule has 0 radical (unpaired) electrons. The number of carboxylic acid groups (broad SMARTS) is 1. The summed E-state index contributed by atoms with van der Waals surface area (Å²) in [6, 6.07) is 0. The van der Waals surface area contributed by atoms with Crippen molar-refractivity contribution in [2.75, 3.05) is 19.6 Å². The van der Waals surface area contributed by atoms with Gasteiger partial charge in [0.25, 0.3) is 0 Å². The summed E-state index contributed by atoms with van der Waals surface area (Å²) in [5.41, 5.74) is 0.0154. The number of hydrogen-bond acceptors (Lipinski definition) is 4. The van der Waals surface area contributed by atoms with Crippen molar-refractivity contribution in [1.29, 1.82) is 0 Å². The molecular weight excluding hydrogens is 244 g/mol. The molecule has 2 rings (SSSR count). The lowest BCUT2D eigenvalue weighted by Crippen LogP contribution is -2.35. The van der Waals surface area contributed by atoms with Crippen molar-refractivity contribution in [1.82, 2.24) is 19.9 Å². The van der Waals surface area contributed by atoms with Crippen molar-refractivity contribution in [2.45, 2.75) is 39.2 Å². The molecule has 0 aliphatic carbocycles. The smallest absolute Gasteiger partial charge is 0.358 e. The Morgan fingerprint density at radius 2 is 2.16 bits per heavy atom. The van der Waals surface area contributed by atoms with Crippen molar-refractivity contribution in [3.05, 3.63) is 11.9 Å². The van der Waals surface area contributed by atoms with E-state index in [0.29, 0.717) is 6.54 Å². The molecule has 1 N–H and O–H groups in total. The molecule has 1 fully saturated rings. The Morgan fingerprint density at radius 3 is 2.74 bits per heavy atom. The number of carboxylic acids is 1. The second kappa shape index (κ2) is 6.65. The SMILES string of the molecule is CCCC1CCN(CCn2cc(C(=O)O)nn2)CC1. The first-order valence-electron chi connectivity index (χ1n) is 7.04. The number of aromatic carboxylic acids is 1. The highest BCUT2D eigenvalue weighted by Crippen LogP contribution is 2.21. The largest absolute Gasteiger partial charge is 0.476 e. The number of rotatable bonds is 6. The first kappa shape index (κ1) is 14.0. The summed E-state index contributed by atoms with van der Waals surface area (Å²) >= 11 is 0. The molecule has 19 heavy (non-hydrogen) atoms. The summed E-state index contributed by atoms with van der Waals surface area (Å²) in [6.07, 6.45) is 6.68. The lowest BCUT2D eigenvalue weighted by Gasteiger charge is -2.31. The van der Waals surface area contributed by atoms with E-state index in [-0.39, 0.29) is 5.69 Å². The Kier molecular flexibility index (Phi) is 4.90. The van der Waals surface area contributed by atoms with Crippen LogP contribution in [-0.4, -0.2) is 50.6 Å². The predicted molar refractivity (Wildman–Crippen MR) is 71.1 cm³/mol. The van der Waals surface area contributed by atoms with Gasteiger partial charge in [0, 0.05) is 6.54 Å². The predicted octanol–water partition coefficient (Wildman–Crippen LogP) is 1.49. The molecule has 1 aliphatic heterocycles. The van der Waals surface area contributed by atoms with Crippen molar-refractivity contribution >= 4 is 5.97 Å². The van der Waals surface area contributed by atoms with Crippen LogP contribution in [0.5, 0.6) is 0 Å². The van der Waals surface area contributed by atoms with E-state index in [1.807, 2.05) is 0 Å². The molecule has 0 unspecified atom stereocenters. The van der Waals surface area contributed by atoms with E-state index in [4.69, 9.17) is 5.11 Å². The Labute approximate surface area is 113 Å². The van der Waals surface area contributed by atoms with E-state index in [1.165, 1.54) is 31.9 Å². The van der Waals surface area contributed by atoms with Gasteiger partial charge in [0.05, 0.1) is 12.7 Å². The lowest BCUT2D eigenvalue weighted by atomic mass is 9.92. The van der Waals surface area contributed by atoms with Gasteiger partial charge in [0.1, 0.15) is 0 Å². The van der Waals surface area contributed by atoms with Crippen molar-refractivity contribution in [3.8, 4) is 0 Å². The molecule has 1 aliphatic rings. The van der Waals surface area contributed by atoms with Crippen LogP contribution in [0.3, 0.4) is 0 Å². The van der Waals surface area contributed by atoms with Crippen LogP contribution in [0.2, 0.25) is 0 Å². The summed E-state index contributed by atoms with van der Waals surface area (Å²) < 4.78 is 1.61. The minimum Gasteiger partial charge on any atom is -0.476 e. The van der Waals surface area contributed by atoms with Crippen LogP contribution in [0.1, 0.15) is 43.1 Å². The number of carbonyl (C=O) groups is 1. The fourth-order valence-corrected chi connectivity index (χ4v) is 2.66. The average molecular weight is 266 g/mol. The molecule has 6 nitrogen and oxygen atoms in total. The first-order valence-corrected chi connectivity index (χ1v) is 7.04. The Balaban J connectivity index is 1.72. The highest BCUT2D eigenvalue weighted by atomic mass is 16.4. The molecule has 0 spiro atoms. The molecule has 6 heteroatoms. The number of piperidine rings is 1. The quantitative estimate of drug-likeness (QED) is 0.844. The van der Waals surface area contributed by atoms with Crippen LogP contribution < -0.4 is 0 Å². The molecule has 0 aromatic carbocycles. The Hall–Kier alpha value is -1.43. The van der Waals surface area contributed by atoms with E-state index in [1.54, 1.807) is 4.68 Å². The lowest BCUT2D eigenvalue weighted by molar-refractivity contribution is 0.0690. The van der Waals surface area contributed by atoms with Gasteiger partial charge >= 0.3 is 5.97 Å². The van der Waals surface area contributed by atoms with Gasteiger partial charge < -0.3 is 10.0 Å². The van der Waals surface area contributed by atoms with Crippen LogP contribution in [0.4, 0.5) is 0 Å². The van der Waals surface area contributed by atoms with Crippen LogP contribution in [0.25, 0.3) is 0 Å². The van der Waals surface area contributed by atoms with Crippen LogP contribution >= 0.6 is 0 Å². The van der Waals surface area contributed by atoms with E-state index in [9.17, 15) is 4.79 Å². The number of hydrogen-bond donors (Lipinski definition) is 1. The molecule has 2 heterocycles. The van der Waals surface area contributed by atoms with Crippen LogP contribution in [0.15, 0.2) is 6.20 Å². The molecule has 106 valence electrons. The molecule has 0 amide bonds. The molecule has 1 aromatic heterocycles. The van der Waals surface area contributed by atoms with E-state index < -0.39 is 5.97 Å². The van der Waals surface area contributed by atoms with Gasteiger partial charge in [-0.1, -0.05) is 25.0 Å². The normalized spacial score (nSPS) is 17.7. The topological polar surface area (TPSA) is 71.2 Å². The molecule has 1 saturated heterocycles. The standard InChI is InChI=1S/C13H22N4O2/c1-2-3-11-4-6-16(7-5-11)8-9-17-10-12(13(18)19)14-15-17/h10-11H,2-9H2,1H3,(H,18,19). The average Bonchev–Trinajstić information content (AvgIpc) is 2.87. The third kappa shape index (κ3) is 4.02. The zero-order chi connectivity index (χ0) is 13.7. The van der Waals surface area contributed by atoms with Gasteiger partial charge in [-0.15, -0.1) is 5.10 Å². The summed E-state index contributed by atoms with van der Waals surface area (Å²) in [6.45, 7) is 6.16. The van der Waals surface area contributed by atoms with Crippen LogP contribution in [-0.2, 0) is 6.54 Å². The minimum atomic E-state index is -1.02. The molecule has 0 atom stereocenters. The maximum atomic E-state index is 10.7. The molecule has 1 aromatic rings. The number of likely N-dealkylation sites (tertiary alicyclic amines) is 1. The molecular formula is C13H22N4O2. The van der Waals surface area contributed by atoms with Gasteiger partial charge in [-0.25, -0.2) is 4.79 Å². The van der Waals surface area contributed by atoms with E-state index in [0.717, 1.165) is 25.6 Å². The monoisotopic (exact) mass is 266 g/mol. The fourth-order valence-electron chi connectivity index (χ4n) is 2.66. The molecule has 0 bridgehead atoms. The Bertz CT molecular complexity index is 411. The van der Waals surface area contributed by atoms with Crippen molar-refractivity contribution in [3.63, 3.8) is 0 Å². The van der Waals surface area contributed by atoms with Gasteiger partial charge in [-0.05, 0) is 31.8 Å². The maximum Gasteiger partial charge on any atom is 0.358 e. The highest BCUT2D eigenvalue weighted by molar-refractivity contribution is 5.84. The maximum absolute atomic E-state index is 10.7. The zero-order valence-corrected chi connectivity index (χ0v) is 11.5. The summed E-state index contributed by atoms with van der Waals surface area (Å²) in [5, 5.41) is 16.2. The van der Waals surface area contributed by atoms with Gasteiger partial charge in [-0.2, -0.15) is 0 Å². The van der Waals surface area contributed by atoms with Crippen molar-refractivity contribution in [2.24, 2.45) is 5.92 Å². The first-order chi connectivity index (χ1) is 9.19. The van der Waals surface area contributed by atoms with E-state index in [2.05, 4.69) is 22.1 Å². The van der Waals surface area contributed by atoms with Crippen molar-refractivity contribution < 1.29 is 9.90 Å². The minimum absolute atomic E-state index is 0.0154. The zero-order valence-electron chi connectivity index (χ0n) is 11.5. The Morgan fingerprint density at radius 1 is 1.42 bits per heavy atom. The highest BCUT2D eigenvalue weighted by Gasteiger charge is 2.18.